The Morgan fingerprint density at radius 1 is 1.04 bits per heavy atom. The number of fused-ring (bicyclic) bond motifs is 1. The largest absolute Gasteiger partial charge is 0.493 e. The Labute approximate surface area is 267 Å². The zero-order valence-corrected chi connectivity index (χ0v) is 25.9. The molecule has 0 saturated carbocycles. The third kappa shape index (κ3) is 6.31. The van der Waals surface area contributed by atoms with Gasteiger partial charge in [-0.25, -0.2) is 9.38 Å². The van der Waals surface area contributed by atoms with Gasteiger partial charge in [0.05, 0.1) is 34.0 Å². The van der Waals surface area contributed by atoms with Crippen molar-refractivity contribution in [3.63, 3.8) is 0 Å². The van der Waals surface area contributed by atoms with E-state index in [1.165, 1.54) is 35.1 Å². The smallest absolute Gasteiger partial charge is 0.271 e. The van der Waals surface area contributed by atoms with E-state index in [2.05, 4.69) is 10.3 Å². The van der Waals surface area contributed by atoms with Gasteiger partial charge in [-0.15, -0.1) is 0 Å². The van der Waals surface area contributed by atoms with Crippen LogP contribution in [0.4, 0.5) is 10.1 Å². The molecular weight excluding hydrogens is 613 g/mol. The number of ether oxygens (including phenoxy) is 2. The number of allylic oxidation sites excluding steroid dienone is 1. The SMILES string of the molecule is COc1cc(/C=c2\sc3n(c2=O)[C@H](c2ccc(F)cc2)C(C(=O)Nc2ccccc2)=C(C)N=3)cc(Cl)c1OCc1ccccc1. The molecule has 1 atom stereocenters. The molecular formula is C35H27ClFN3O4S. The van der Waals surface area contributed by atoms with Gasteiger partial charge in [-0.3, -0.25) is 14.2 Å². The predicted octanol–water partition coefficient (Wildman–Crippen LogP) is 6.25. The van der Waals surface area contributed by atoms with E-state index in [0.717, 1.165) is 5.56 Å². The Balaban J connectivity index is 1.41. The summed E-state index contributed by atoms with van der Waals surface area (Å²) in [6, 6.07) is 27.1. The number of methoxy groups -OCH3 is 1. The van der Waals surface area contributed by atoms with E-state index in [0.29, 0.717) is 55.0 Å². The average Bonchev–Trinajstić information content (AvgIpc) is 3.34. The van der Waals surface area contributed by atoms with Crippen molar-refractivity contribution >= 4 is 40.6 Å². The van der Waals surface area contributed by atoms with Crippen LogP contribution in [-0.2, 0) is 11.4 Å². The molecule has 1 aliphatic heterocycles. The molecule has 226 valence electrons. The maximum absolute atomic E-state index is 14.0. The molecule has 2 heterocycles. The fourth-order valence-corrected chi connectivity index (χ4v) is 6.46. The van der Waals surface area contributed by atoms with Gasteiger partial charge in [-0.05, 0) is 66.1 Å². The zero-order valence-electron chi connectivity index (χ0n) is 24.3. The van der Waals surface area contributed by atoms with E-state index in [1.54, 1.807) is 49.4 Å². The number of hydrogen-bond acceptors (Lipinski definition) is 6. The highest BCUT2D eigenvalue weighted by atomic mass is 35.5. The molecule has 1 amide bonds. The number of anilines is 1. The van der Waals surface area contributed by atoms with Crippen LogP contribution in [-0.4, -0.2) is 17.6 Å². The van der Waals surface area contributed by atoms with Gasteiger partial charge in [-0.1, -0.05) is 83.6 Å². The summed E-state index contributed by atoms with van der Waals surface area (Å²) in [6.45, 7) is 2.03. The molecule has 6 rings (SSSR count). The lowest BCUT2D eigenvalue weighted by Crippen LogP contribution is -2.40. The Morgan fingerprint density at radius 3 is 2.42 bits per heavy atom. The molecule has 4 aromatic carbocycles. The molecule has 0 unspecified atom stereocenters. The maximum atomic E-state index is 14.0. The molecule has 0 bridgehead atoms. The van der Waals surface area contributed by atoms with Crippen molar-refractivity contribution in [2.24, 2.45) is 4.99 Å². The van der Waals surface area contributed by atoms with Crippen molar-refractivity contribution in [1.29, 1.82) is 0 Å². The number of benzene rings is 4. The van der Waals surface area contributed by atoms with Gasteiger partial charge >= 0.3 is 0 Å². The summed E-state index contributed by atoms with van der Waals surface area (Å²) in [4.78, 5) is 32.8. The molecule has 0 radical (unpaired) electrons. The van der Waals surface area contributed by atoms with Gasteiger partial charge < -0.3 is 14.8 Å². The number of para-hydroxylation sites is 1. The molecule has 1 aliphatic rings. The minimum atomic E-state index is -0.834. The first kappa shape index (κ1) is 30.1. The van der Waals surface area contributed by atoms with Crippen molar-refractivity contribution in [2.45, 2.75) is 19.6 Å². The van der Waals surface area contributed by atoms with Crippen LogP contribution in [0.15, 0.2) is 118 Å². The number of aromatic nitrogens is 1. The summed E-state index contributed by atoms with van der Waals surface area (Å²) in [5.74, 6) is -0.0298. The highest BCUT2D eigenvalue weighted by molar-refractivity contribution is 7.07. The first-order valence-corrected chi connectivity index (χ1v) is 15.2. The lowest BCUT2D eigenvalue weighted by atomic mass is 9.95. The summed E-state index contributed by atoms with van der Waals surface area (Å²) in [5, 5.41) is 3.23. The summed E-state index contributed by atoms with van der Waals surface area (Å²) in [6.07, 6.45) is 1.70. The number of rotatable bonds is 8. The van der Waals surface area contributed by atoms with Gasteiger partial charge in [0, 0.05) is 5.69 Å². The summed E-state index contributed by atoms with van der Waals surface area (Å²) in [5.41, 5.74) is 3.14. The molecule has 10 heteroatoms. The Hall–Kier alpha value is -4.99. The van der Waals surface area contributed by atoms with E-state index >= 15 is 0 Å². The van der Waals surface area contributed by atoms with Gasteiger partial charge in [0.2, 0.25) is 0 Å². The highest BCUT2D eigenvalue weighted by Crippen LogP contribution is 2.37. The molecule has 1 aromatic heterocycles. The highest BCUT2D eigenvalue weighted by Gasteiger charge is 2.32. The van der Waals surface area contributed by atoms with E-state index in [-0.39, 0.29) is 11.1 Å². The molecule has 0 saturated heterocycles. The van der Waals surface area contributed by atoms with Gasteiger partial charge in [0.1, 0.15) is 12.4 Å². The van der Waals surface area contributed by atoms with Gasteiger partial charge in [0.15, 0.2) is 16.3 Å². The molecule has 0 fully saturated rings. The van der Waals surface area contributed by atoms with E-state index in [9.17, 15) is 14.0 Å². The van der Waals surface area contributed by atoms with Crippen molar-refractivity contribution in [1.82, 2.24) is 4.57 Å². The normalized spacial score (nSPS) is 14.5. The lowest BCUT2D eigenvalue weighted by Gasteiger charge is -2.25. The third-order valence-electron chi connectivity index (χ3n) is 7.26. The number of carbonyl (C=O) groups is 1. The van der Waals surface area contributed by atoms with Gasteiger partial charge in [0.25, 0.3) is 11.5 Å². The number of nitrogens with one attached hydrogen (secondary N) is 1. The fourth-order valence-electron chi connectivity index (χ4n) is 5.14. The Morgan fingerprint density at radius 2 is 1.73 bits per heavy atom. The minimum Gasteiger partial charge on any atom is -0.493 e. The van der Waals surface area contributed by atoms with E-state index in [1.807, 2.05) is 48.5 Å². The molecule has 0 aliphatic carbocycles. The Kier molecular flexibility index (Phi) is 8.64. The summed E-state index contributed by atoms with van der Waals surface area (Å²) >= 11 is 7.82. The number of carbonyl (C=O) groups excluding carboxylic acids is 1. The van der Waals surface area contributed by atoms with E-state index < -0.39 is 17.8 Å². The number of thiazole rings is 1. The maximum Gasteiger partial charge on any atom is 0.271 e. The van der Waals surface area contributed by atoms with Crippen molar-refractivity contribution in [2.75, 3.05) is 12.4 Å². The van der Waals surface area contributed by atoms with Crippen LogP contribution in [0.5, 0.6) is 11.5 Å². The summed E-state index contributed by atoms with van der Waals surface area (Å²) < 4.78 is 27.4. The Bertz CT molecular complexity index is 2090. The standard InChI is InChI=1S/C35H27ClFN3O4S/c1-21-30(33(41)39-26-11-7-4-8-12-26)31(24-13-15-25(37)16-14-24)40-34(42)29(45-35(40)38-21)19-23-17-27(36)32(28(18-23)43-2)44-20-22-9-5-3-6-10-22/h3-19,31H,20H2,1-2H3,(H,39,41)/b29-19-/t31-/m1/s1. The molecule has 7 nitrogen and oxygen atoms in total. The first-order valence-electron chi connectivity index (χ1n) is 14.0. The second kappa shape index (κ2) is 12.9. The van der Waals surface area contributed by atoms with Crippen molar-refractivity contribution in [3.05, 3.63) is 156 Å². The second-order valence-corrected chi connectivity index (χ2v) is 11.7. The minimum absolute atomic E-state index is 0.286. The number of halogens is 2. The molecule has 5 aromatic rings. The van der Waals surface area contributed by atoms with Crippen LogP contribution in [0, 0.1) is 5.82 Å². The topological polar surface area (TPSA) is 81.9 Å². The first-order chi connectivity index (χ1) is 21.8. The average molecular weight is 640 g/mol. The zero-order chi connectivity index (χ0) is 31.5. The number of hydrogen-bond donors (Lipinski definition) is 1. The quantitative estimate of drug-likeness (QED) is 0.218. The van der Waals surface area contributed by atoms with Crippen LogP contribution in [0.3, 0.4) is 0 Å². The monoisotopic (exact) mass is 639 g/mol. The fraction of sp³-hybridized carbons (Fsp3) is 0.114. The second-order valence-electron chi connectivity index (χ2n) is 10.3. The third-order valence-corrected chi connectivity index (χ3v) is 8.52. The molecule has 45 heavy (non-hydrogen) atoms. The summed E-state index contributed by atoms with van der Waals surface area (Å²) in [7, 11) is 1.52. The van der Waals surface area contributed by atoms with Crippen molar-refractivity contribution < 1.29 is 18.7 Å². The molecule has 0 spiro atoms. The van der Waals surface area contributed by atoms with Crippen LogP contribution >= 0.6 is 22.9 Å². The van der Waals surface area contributed by atoms with Gasteiger partial charge in [-0.2, -0.15) is 0 Å². The molecule has 1 N–H and O–H groups in total. The van der Waals surface area contributed by atoms with Crippen LogP contribution in [0.25, 0.3) is 6.08 Å². The number of amides is 1. The predicted molar refractivity (Wildman–Crippen MR) is 174 cm³/mol. The van der Waals surface area contributed by atoms with Crippen LogP contribution in [0.2, 0.25) is 5.02 Å². The number of nitrogens with zero attached hydrogens (tertiary/aromatic N) is 2. The van der Waals surface area contributed by atoms with Crippen LogP contribution < -0.4 is 29.7 Å². The van der Waals surface area contributed by atoms with Crippen LogP contribution in [0.1, 0.15) is 29.7 Å². The van der Waals surface area contributed by atoms with E-state index in [4.69, 9.17) is 21.1 Å². The van der Waals surface area contributed by atoms with Crippen molar-refractivity contribution in [3.8, 4) is 11.5 Å². The lowest BCUT2D eigenvalue weighted by molar-refractivity contribution is -0.113.